The van der Waals surface area contributed by atoms with Gasteiger partial charge in [0.2, 0.25) is 12.3 Å². The summed E-state index contributed by atoms with van der Waals surface area (Å²) in [5.74, 6) is -1.26. The van der Waals surface area contributed by atoms with Crippen molar-refractivity contribution in [2.75, 3.05) is 13.1 Å². The van der Waals surface area contributed by atoms with E-state index in [1.807, 2.05) is 0 Å². The normalized spacial score (nSPS) is 9.71. The lowest BCUT2D eigenvalue weighted by Gasteiger charge is -2.08. The fourth-order valence-electron chi connectivity index (χ4n) is 1.16. The monoisotopic (exact) mass is 246 g/mol. The van der Waals surface area contributed by atoms with Crippen LogP contribution in [0.4, 0.5) is 0 Å². The molecule has 0 unspecified atom stereocenters. The van der Waals surface area contributed by atoms with Crippen LogP contribution in [0, 0.1) is 0 Å². The Balaban J connectivity index is 3.30. The Morgan fingerprint density at radius 1 is 1.18 bits per heavy atom. The Hall–Kier alpha value is -1.63. The van der Waals surface area contributed by atoms with Crippen LogP contribution in [0.5, 0.6) is 0 Å². The molecular formula is C10H18N2O5. The molecule has 0 aliphatic carbocycles. The third-order valence-electron chi connectivity index (χ3n) is 2.07. The van der Waals surface area contributed by atoms with Gasteiger partial charge in [-0.25, -0.2) is 5.06 Å². The van der Waals surface area contributed by atoms with Crippen LogP contribution in [0.15, 0.2) is 0 Å². The van der Waals surface area contributed by atoms with E-state index in [-0.39, 0.29) is 25.3 Å². The van der Waals surface area contributed by atoms with Gasteiger partial charge in [0.15, 0.2) is 0 Å². The van der Waals surface area contributed by atoms with Gasteiger partial charge in [0.05, 0.1) is 6.42 Å². The zero-order valence-electron chi connectivity index (χ0n) is 9.59. The summed E-state index contributed by atoms with van der Waals surface area (Å²) in [7, 11) is 0. The molecule has 0 bridgehead atoms. The van der Waals surface area contributed by atoms with Crippen LogP contribution >= 0.6 is 0 Å². The number of hydrogen-bond acceptors (Lipinski definition) is 4. The number of rotatable bonds is 10. The summed E-state index contributed by atoms with van der Waals surface area (Å²) in [5.41, 5.74) is 0. The van der Waals surface area contributed by atoms with Crippen molar-refractivity contribution in [2.24, 2.45) is 0 Å². The summed E-state index contributed by atoms with van der Waals surface area (Å²) < 4.78 is 0. The topological polar surface area (TPSA) is 107 Å². The first-order valence-corrected chi connectivity index (χ1v) is 5.45. The maximum atomic E-state index is 11.1. The number of carboxylic acids is 1. The van der Waals surface area contributed by atoms with Crippen molar-refractivity contribution >= 4 is 18.3 Å². The number of hydroxylamine groups is 2. The fraction of sp³-hybridized carbons (Fsp3) is 0.700. The van der Waals surface area contributed by atoms with Gasteiger partial charge in [0.25, 0.3) is 0 Å². The zero-order chi connectivity index (χ0) is 13.1. The van der Waals surface area contributed by atoms with Crippen molar-refractivity contribution in [3.63, 3.8) is 0 Å². The fourth-order valence-corrected chi connectivity index (χ4v) is 1.16. The summed E-state index contributed by atoms with van der Waals surface area (Å²) >= 11 is 0. The van der Waals surface area contributed by atoms with Gasteiger partial charge in [-0.1, -0.05) is 0 Å². The van der Waals surface area contributed by atoms with E-state index < -0.39 is 5.97 Å². The molecule has 3 N–H and O–H groups in total. The lowest BCUT2D eigenvalue weighted by atomic mass is 10.2. The second-order valence-corrected chi connectivity index (χ2v) is 3.57. The first-order chi connectivity index (χ1) is 8.06. The predicted molar refractivity (Wildman–Crippen MR) is 58.3 cm³/mol. The highest BCUT2D eigenvalue weighted by molar-refractivity contribution is 5.80. The molecule has 0 atom stereocenters. The predicted octanol–water partition coefficient (Wildman–Crippen LogP) is -0.0147. The molecular weight excluding hydrogens is 228 g/mol. The summed E-state index contributed by atoms with van der Waals surface area (Å²) in [6, 6.07) is 0. The molecule has 98 valence electrons. The Labute approximate surface area is 99.4 Å². The third-order valence-corrected chi connectivity index (χ3v) is 2.07. The second kappa shape index (κ2) is 9.59. The molecule has 0 aromatic heterocycles. The Kier molecular flexibility index (Phi) is 8.67. The number of unbranched alkanes of at least 4 members (excludes halogenated alkanes) is 2. The van der Waals surface area contributed by atoms with Gasteiger partial charge >= 0.3 is 5.97 Å². The number of nitrogens with zero attached hydrogens (tertiary/aromatic N) is 1. The van der Waals surface area contributed by atoms with Gasteiger partial charge in [-0.2, -0.15) is 0 Å². The largest absolute Gasteiger partial charge is 0.481 e. The second-order valence-electron chi connectivity index (χ2n) is 3.57. The molecule has 2 amide bonds. The van der Waals surface area contributed by atoms with Crippen molar-refractivity contribution < 1.29 is 24.7 Å². The molecule has 0 fully saturated rings. The third kappa shape index (κ3) is 10.6. The van der Waals surface area contributed by atoms with Crippen molar-refractivity contribution in [1.29, 1.82) is 0 Å². The summed E-state index contributed by atoms with van der Waals surface area (Å²) in [6.45, 7) is 0.751. The van der Waals surface area contributed by atoms with Gasteiger partial charge < -0.3 is 10.4 Å². The highest BCUT2D eigenvalue weighted by Gasteiger charge is 2.04. The quantitative estimate of drug-likeness (QED) is 0.217. The average molecular weight is 246 g/mol. The van der Waals surface area contributed by atoms with Gasteiger partial charge in [-0.3, -0.25) is 19.6 Å². The number of aliphatic carboxylic acids is 1. The molecule has 7 heteroatoms. The number of carboxylic acid groups (broad SMARTS) is 1. The Morgan fingerprint density at radius 3 is 2.47 bits per heavy atom. The van der Waals surface area contributed by atoms with E-state index in [1.54, 1.807) is 0 Å². The number of hydrogen-bond donors (Lipinski definition) is 3. The number of nitrogens with one attached hydrogen (secondary N) is 1. The van der Waals surface area contributed by atoms with Crippen molar-refractivity contribution in [3.05, 3.63) is 0 Å². The molecule has 7 nitrogen and oxygen atoms in total. The van der Waals surface area contributed by atoms with Crippen LogP contribution in [-0.2, 0) is 14.4 Å². The van der Waals surface area contributed by atoms with Gasteiger partial charge in [0.1, 0.15) is 0 Å². The van der Waals surface area contributed by atoms with Crippen LogP contribution in [0.3, 0.4) is 0 Å². The van der Waals surface area contributed by atoms with Crippen LogP contribution in [0.1, 0.15) is 32.1 Å². The molecule has 0 aliphatic heterocycles. The zero-order valence-corrected chi connectivity index (χ0v) is 9.59. The molecule has 0 spiro atoms. The lowest BCUT2D eigenvalue weighted by Crippen LogP contribution is -2.25. The minimum Gasteiger partial charge on any atom is -0.481 e. The molecule has 0 aromatic rings. The van der Waals surface area contributed by atoms with E-state index >= 15 is 0 Å². The Morgan fingerprint density at radius 2 is 1.88 bits per heavy atom. The number of carbonyl (C=O) groups excluding carboxylic acids is 2. The molecule has 0 heterocycles. The average Bonchev–Trinajstić information content (AvgIpc) is 2.30. The van der Waals surface area contributed by atoms with E-state index in [2.05, 4.69) is 5.32 Å². The van der Waals surface area contributed by atoms with Gasteiger partial charge in [-0.05, 0) is 19.3 Å². The summed E-state index contributed by atoms with van der Waals surface area (Å²) in [6.07, 6.45) is 2.32. The molecule has 17 heavy (non-hydrogen) atoms. The first-order valence-electron chi connectivity index (χ1n) is 5.45. The van der Waals surface area contributed by atoms with E-state index in [9.17, 15) is 14.4 Å². The summed E-state index contributed by atoms with van der Waals surface area (Å²) in [4.78, 5) is 31.3. The molecule has 0 saturated heterocycles. The number of carbonyl (C=O) groups is 3. The van der Waals surface area contributed by atoms with E-state index in [1.165, 1.54) is 0 Å². The maximum absolute atomic E-state index is 11.1. The SMILES string of the molecule is O=CN(O)CCCCCNC(=O)CCC(=O)O. The molecule has 0 radical (unpaired) electrons. The van der Waals surface area contributed by atoms with E-state index in [4.69, 9.17) is 10.3 Å². The van der Waals surface area contributed by atoms with Gasteiger partial charge in [0, 0.05) is 19.5 Å². The van der Waals surface area contributed by atoms with Crippen LogP contribution in [0.2, 0.25) is 0 Å². The highest BCUT2D eigenvalue weighted by atomic mass is 16.5. The minimum absolute atomic E-state index is 0.00903. The Bertz CT molecular complexity index is 257. The lowest BCUT2D eigenvalue weighted by molar-refractivity contribution is -0.149. The molecule has 0 saturated carbocycles. The maximum Gasteiger partial charge on any atom is 0.303 e. The van der Waals surface area contributed by atoms with Crippen molar-refractivity contribution in [2.45, 2.75) is 32.1 Å². The van der Waals surface area contributed by atoms with E-state index in [0.717, 1.165) is 12.8 Å². The molecule has 0 aromatic carbocycles. The van der Waals surface area contributed by atoms with Crippen molar-refractivity contribution in [3.8, 4) is 0 Å². The van der Waals surface area contributed by atoms with Crippen LogP contribution < -0.4 is 5.32 Å². The standard InChI is InChI=1S/C10H18N2O5/c13-8-12(17)7-3-1-2-6-11-9(14)4-5-10(15)16/h8,17H,1-7H2,(H,11,14)(H,15,16). The summed E-state index contributed by atoms with van der Waals surface area (Å²) in [5, 5.41) is 20.3. The van der Waals surface area contributed by atoms with Crippen LogP contribution in [-0.4, -0.2) is 46.8 Å². The number of amides is 2. The van der Waals surface area contributed by atoms with Gasteiger partial charge in [-0.15, -0.1) is 0 Å². The molecule has 0 rings (SSSR count). The molecule has 0 aliphatic rings. The highest BCUT2D eigenvalue weighted by Crippen LogP contribution is 1.96. The van der Waals surface area contributed by atoms with Crippen molar-refractivity contribution in [1.82, 2.24) is 10.4 Å². The van der Waals surface area contributed by atoms with Crippen LogP contribution in [0.25, 0.3) is 0 Å². The van der Waals surface area contributed by atoms with E-state index in [0.29, 0.717) is 24.4 Å². The minimum atomic E-state index is -0.989. The smallest absolute Gasteiger partial charge is 0.303 e. The first kappa shape index (κ1) is 15.4.